The lowest BCUT2D eigenvalue weighted by Gasteiger charge is -2.24. The molecule has 0 radical (unpaired) electrons. The van der Waals surface area contributed by atoms with Gasteiger partial charge in [-0.3, -0.25) is 4.79 Å². The summed E-state index contributed by atoms with van der Waals surface area (Å²) in [5.74, 6) is 0.681. The van der Waals surface area contributed by atoms with Gasteiger partial charge in [0.25, 0.3) is 0 Å². The van der Waals surface area contributed by atoms with Gasteiger partial charge in [0.2, 0.25) is 0 Å². The fourth-order valence-corrected chi connectivity index (χ4v) is 2.90. The number of hydrogen-bond acceptors (Lipinski definition) is 3. The highest BCUT2D eigenvalue weighted by Gasteiger charge is 2.25. The highest BCUT2D eigenvalue weighted by Crippen LogP contribution is 2.26. The summed E-state index contributed by atoms with van der Waals surface area (Å²) in [5, 5.41) is 2.70. The van der Waals surface area contributed by atoms with Crippen LogP contribution in [0.5, 0.6) is 0 Å². The van der Waals surface area contributed by atoms with Crippen LogP contribution in [-0.4, -0.2) is 23.5 Å². The minimum Gasteiger partial charge on any atom is -0.444 e. The van der Waals surface area contributed by atoms with E-state index in [9.17, 15) is 9.59 Å². The Bertz CT molecular complexity index is 415. The van der Waals surface area contributed by atoms with E-state index in [1.807, 2.05) is 40.7 Å². The largest absolute Gasteiger partial charge is 0.444 e. The van der Waals surface area contributed by atoms with E-state index >= 15 is 0 Å². The fourth-order valence-electron chi connectivity index (χ4n) is 2.90. The van der Waals surface area contributed by atoms with Gasteiger partial charge in [-0.15, -0.1) is 0 Å². The first kappa shape index (κ1) is 19.7. The summed E-state index contributed by atoms with van der Waals surface area (Å²) in [6.45, 7) is 9.28. The Morgan fingerprint density at radius 3 is 2.30 bits per heavy atom. The van der Waals surface area contributed by atoms with Crippen LogP contribution in [0.3, 0.4) is 0 Å². The predicted molar refractivity (Wildman–Crippen MR) is 93.3 cm³/mol. The molecule has 1 aliphatic carbocycles. The molecule has 23 heavy (non-hydrogen) atoms. The second-order valence-corrected chi connectivity index (χ2v) is 7.91. The topological polar surface area (TPSA) is 55.4 Å². The van der Waals surface area contributed by atoms with Gasteiger partial charge in [-0.1, -0.05) is 52.0 Å². The molecule has 132 valence electrons. The maximum atomic E-state index is 12.4. The quantitative estimate of drug-likeness (QED) is 0.725. The second-order valence-electron chi connectivity index (χ2n) is 7.91. The molecule has 1 atom stereocenters. The number of hydrogen-bond donors (Lipinski definition) is 1. The minimum absolute atomic E-state index is 0.0225. The summed E-state index contributed by atoms with van der Waals surface area (Å²) in [5.41, 5.74) is -0.564. The molecule has 4 heteroatoms. The van der Waals surface area contributed by atoms with Crippen LogP contribution < -0.4 is 5.32 Å². The Morgan fingerprint density at radius 2 is 1.78 bits per heavy atom. The number of allylic oxidation sites excluding steroid dienone is 1. The molecule has 4 nitrogen and oxygen atoms in total. The number of ether oxygens (including phenoxy) is 1. The molecule has 0 heterocycles. The van der Waals surface area contributed by atoms with E-state index in [0.717, 1.165) is 6.42 Å². The van der Waals surface area contributed by atoms with Crippen LogP contribution in [0.1, 0.15) is 73.1 Å². The van der Waals surface area contributed by atoms with Crippen molar-refractivity contribution in [2.75, 3.05) is 0 Å². The molecule has 0 aliphatic heterocycles. The molecule has 1 rings (SSSR count). The average molecular weight is 323 g/mol. The molecule has 1 N–H and O–H groups in total. The third-order valence-corrected chi connectivity index (χ3v) is 4.12. The van der Waals surface area contributed by atoms with Gasteiger partial charge in [0.1, 0.15) is 5.60 Å². The van der Waals surface area contributed by atoms with Crippen LogP contribution in [0.15, 0.2) is 12.2 Å². The molecule has 0 aromatic rings. The molecule has 0 aromatic heterocycles. The lowest BCUT2D eigenvalue weighted by atomic mass is 9.87. The molecule has 1 aliphatic rings. The first-order valence-corrected chi connectivity index (χ1v) is 8.89. The molecule has 0 aromatic carbocycles. The number of nitrogens with one attached hydrogen (secondary N) is 1. The van der Waals surface area contributed by atoms with Gasteiger partial charge in [0.05, 0.1) is 6.04 Å². The second kappa shape index (κ2) is 9.09. The van der Waals surface area contributed by atoms with Gasteiger partial charge in [-0.25, -0.2) is 4.79 Å². The predicted octanol–water partition coefficient (Wildman–Crippen LogP) is 4.63. The summed E-state index contributed by atoms with van der Waals surface area (Å²) < 4.78 is 5.24. The van der Waals surface area contributed by atoms with E-state index in [4.69, 9.17) is 4.74 Å². The molecule has 1 saturated carbocycles. The summed E-state index contributed by atoms with van der Waals surface area (Å²) in [7, 11) is 0. The van der Waals surface area contributed by atoms with E-state index in [2.05, 4.69) is 5.32 Å². The fraction of sp³-hybridized carbons (Fsp3) is 0.789. The van der Waals surface area contributed by atoms with Crippen molar-refractivity contribution in [2.45, 2.75) is 84.8 Å². The Morgan fingerprint density at radius 1 is 1.17 bits per heavy atom. The normalized spacial score (nSPS) is 18.2. The van der Waals surface area contributed by atoms with Crippen molar-refractivity contribution in [3.63, 3.8) is 0 Å². The zero-order chi connectivity index (χ0) is 17.5. The smallest absolute Gasteiger partial charge is 0.408 e. The summed E-state index contributed by atoms with van der Waals surface area (Å²) in [6.07, 6.45) is 10.5. The number of carbonyl (C=O) groups excluding carboxylic acids is 2. The Kier molecular flexibility index (Phi) is 7.80. The molecule has 1 amide bonds. The lowest BCUT2D eigenvalue weighted by molar-refractivity contribution is -0.117. The Labute approximate surface area is 141 Å². The van der Waals surface area contributed by atoms with E-state index in [0.29, 0.717) is 5.92 Å². The van der Waals surface area contributed by atoms with Gasteiger partial charge >= 0.3 is 6.09 Å². The Balaban J connectivity index is 2.51. The van der Waals surface area contributed by atoms with Crippen LogP contribution in [0.25, 0.3) is 0 Å². The van der Waals surface area contributed by atoms with Crippen molar-refractivity contribution >= 4 is 11.9 Å². The van der Waals surface area contributed by atoms with Crippen molar-refractivity contribution in [2.24, 2.45) is 11.8 Å². The van der Waals surface area contributed by atoms with Gasteiger partial charge in [0, 0.05) is 0 Å². The van der Waals surface area contributed by atoms with Gasteiger partial charge in [0.15, 0.2) is 5.78 Å². The number of amides is 1. The van der Waals surface area contributed by atoms with E-state index < -0.39 is 17.7 Å². The number of ketones is 1. The van der Waals surface area contributed by atoms with E-state index in [-0.39, 0.29) is 11.7 Å². The van der Waals surface area contributed by atoms with Crippen molar-refractivity contribution in [3.8, 4) is 0 Å². The van der Waals surface area contributed by atoms with Gasteiger partial charge < -0.3 is 10.1 Å². The standard InChI is InChI=1S/C19H33NO3/c1-14(2)17(20-18(22)23-19(3,4)5)16(21)13-9-12-15-10-7-6-8-11-15/h9,13-15,17H,6-8,10-12H2,1-5H3,(H,20,22)/b13-9+/t17-/m0/s1. The summed E-state index contributed by atoms with van der Waals surface area (Å²) >= 11 is 0. The zero-order valence-corrected chi connectivity index (χ0v) is 15.4. The minimum atomic E-state index is -0.564. The number of alkyl carbamates (subject to hydrolysis) is 1. The summed E-state index contributed by atoms with van der Waals surface area (Å²) in [6, 6.07) is -0.535. The third-order valence-electron chi connectivity index (χ3n) is 4.12. The zero-order valence-electron chi connectivity index (χ0n) is 15.4. The highest BCUT2D eigenvalue weighted by atomic mass is 16.6. The first-order valence-electron chi connectivity index (χ1n) is 8.89. The molecular weight excluding hydrogens is 290 g/mol. The van der Waals surface area contributed by atoms with Crippen molar-refractivity contribution in [1.82, 2.24) is 5.32 Å². The van der Waals surface area contributed by atoms with Crippen LogP contribution in [0, 0.1) is 11.8 Å². The average Bonchev–Trinajstić information content (AvgIpc) is 2.43. The molecule has 1 fully saturated rings. The van der Waals surface area contributed by atoms with Crippen molar-refractivity contribution in [3.05, 3.63) is 12.2 Å². The summed E-state index contributed by atoms with van der Waals surface area (Å²) in [4.78, 5) is 24.3. The third kappa shape index (κ3) is 8.19. The maximum absolute atomic E-state index is 12.4. The van der Waals surface area contributed by atoms with Crippen molar-refractivity contribution in [1.29, 1.82) is 0 Å². The van der Waals surface area contributed by atoms with Crippen LogP contribution >= 0.6 is 0 Å². The number of rotatable bonds is 6. The Hall–Kier alpha value is -1.32. The molecular formula is C19H33NO3. The van der Waals surface area contributed by atoms with Gasteiger partial charge in [-0.2, -0.15) is 0 Å². The van der Waals surface area contributed by atoms with Crippen LogP contribution in [-0.2, 0) is 9.53 Å². The molecule has 0 bridgehead atoms. The van der Waals surface area contributed by atoms with Gasteiger partial charge in [-0.05, 0) is 45.1 Å². The van der Waals surface area contributed by atoms with Crippen LogP contribution in [0.4, 0.5) is 4.79 Å². The molecule has 0 spiro atoms. The SMILES string of the molecule is CC(C)[C@H](NC(=O)OC(C)(C)C)C(=O)/C=C/CC1CCCCC1. The first-order chi connectivity index (χ1) is 10.7. The molecule has 0 saturated heterocycles. The maximum Gasteiger partial charge on any atom is 0.408 e. The number of carbonyl (C=O) groups is 2. The highest BCUT2D eigenvalue weighted by molar-refractivity contribution is 5.96. The van der Waals surface area contributed by atoms with E-state index in [1.165, 1.54) is 32.1 Å². The van der Waals surface area contributed by atoms with Crippen molar-refractivity contribution < 1.29 is 14.3 Å². The van der Waals surface area contributed by atoms with E-state index in [1.54, 1.807) is 6.08 Å². The van der Waals surface area contributed by atoms with Crippen LogP contribution in [0.2, 0.25) is 0 Å². The molecule has 0 unspecified atom stereocenters. The lowest BCUT2D eigenvalue weighted by Crippen LogP contribution is -2.45. The monoisotopic (exact) mass is 323 g/mol.